The number of ether oxygens (including phenoxy) is 1. The molecule has 0 saturated heterocycles. The van der Waals surface area contributed by atoms with Gasteiger partial charge in [-0.25, -0.2) is 0 Å². The minimum atomic E-state index is -0.185. The fourth-order valence-corrected chi connectivity index (χ4v) is 2.86. The maximum absolute atomic E-state index is 12.3. The van der Waals surface area contributed by atoms with Crippen LogP contribution in [0.3, 0.4) is 0 Å². The van der Waals surface area contributed by atoms with Crippen molar-refractivity contribution in [3.63, 3.8) is 0 Å². The Labute approximate surface area is 136 Å². The molecule has 1 N–H and O–H groups in total. The Balaban J connectivity index is 2.30. The van der Waals surface area contributed by atoms with Gasteiger partial charge in [0.15, 0.2) is 0 Å². The van der Waals surface area contributed by atoms with E-state index in [1.165, 1.54) is 0 Å². The maximum Gasteiger partial charge on any atom is 0.256 e. The second kappa shape index (κ2) is 6.45. The van der Waals surface area contributed by atoms with Crippen LogP contribution in [0.5, 0.6) is 5.75 Å². The molecule has 2 aromatic carbocycles. The highest BCUT2D eigenvalue weighted by atomic mass is 127. The van der Waals surface area contributed by atoms with Crippen LogP contribution in [-0.4, -0.2) is 13.0 Å². The van der Waals surface area contributed by atoms with Crippen molar-refractivity contribution in [1.82, 2.24) is 0 Å². The number of halogens is 2. The lowest BCUT2D eigenvalue weighted by atomic mass is 10.1. The summed E-state index contributed by atoms with van der Waals surface area (Å²) in [4.78, 5) is 12.3. The molecule has 0 saturated carbocycles. The molecule has 0 aliphatic rings. The first-order valence-corrected chi connectivity index (χ1v) is 7.38. The Hall–Kier alpha value is -1.27. The van der Waals surface area contributed by atoms with Gasteiger partial charge in [0.1, 0.15) is 5.75 Å². The lowest BCUT2D eigenvalue weighted by Gasteiger charge is -2.11. The van der Waals surface area contributed by atoms with Crippen molar-refractivity contribution in [2.24, 2.45) is 0 Å². The van der Waals surface area contributed by atoms with Crippen molar-refractivity contribution in [3.8, 4) is 5.75 Å². The number of carbonyl (C=O) groups excluding carboxylic acids is 1. The monoisotopic (exact) mass is 401 g/mol. The summed E-state index contributed by atoms with van der Waals surface area (Å²) in [5.41, 5.74) is 2.30. The molecule has 0 atom stereocenters. The first-order valence-electron chi connectivity index (χ1n) is 5.92. The average molecular weight is 402 g/mol. The lowest BCUT2D eigenvalue weighted by molar-refractivity contribution is 0.102. The van der Waals surface area contributed by atoms with Gasteiger partial charge in [0.2, 0.25) is 0 Å². The number of anilines is 1. The zero-order valence-corrected chi connectivity index (χ0v) is 13.9. The van der Waals surface area contributed by atoms with Crippen molar-refractivity contribution in [2.75, 3.05) is 12.4 Å². The van der Waals surface area contributed by atoms with Gasteiger partial charge in [0.25, 0.3) is 5.91 Å². The lowest BCUT2D eigenvalue weighted by Crippen LogP contribution is -2.14. The van der Waals surface area contributed by atoms with Gasteiger partial charge in [-0.1, -0.05) is 23.2 Å². The molecular formula is C15H13ClINO2. The first kappa shape index (κ1) is 15.1. The van der Waals surface area contributed by atoms with E-state index in [4.69, 9.17) is 16.3 Å². The Bertz CT molecular complexity index is 658. The summed E-state index contributed by atoms with van der Waals surface area (Å²) in [5, 5.41) is 3.37. The van der Waals surface area contributed by atoms with Gasteiger partial charge >= 0.3 is 0 Å². The van der Waals surface area contributed by atoms with E-state index in [-0.39, 0.29) is 5.91 Å². The zero-order valence-electron chi connectivity index (χ0n) is 11.0. The van der Waals surface area contributed by atoms with Crippen LogP contribution in [0.15, 0.2) is 36.4 Å². The molecule has 0 unspecified atom stereocenters. The molecule has 2 rings (SSSR count). The normalized spacial score (nSPS) is 10.2. The van der Waals surface area contributed by atoms with Crippen molar-refractivity contribution in [3.05, 3.63) is 56.1 Å². The molecule has 5 heteroatoms. The summed E-state index contributed by atoms with van der Waals surface area (Å²) in [5.74, 6) is 0.389. The van der Waals surface area contributed by atoms with Gasteiger partial charge in [0.05, 0.1) is 18.4 Å². The highest BCUT2D eigenvalue weighted by Gasteiger charge is 2.13. The van der Waals surface area contributed by atoms with E-state index < -0.39 is 0 Å². The number of carbonyl (C=O) groups is 1. The van der Waals surface area contributed by atoms with E-state index in [1.54, 1.807) is 25.3 Å². The predicted molar refractivity (Wildman–Crippen MR) is 89.9 cm³/mol. The average Bonchev–Trinajstić information content (AvgIpc) is 2.38. The number of amides is 1. The fraction of sp³-hybridized carbons (Fsp3) is 0.133. The summed E-state index contributed by atoms with van der Waals surface area (Å²) in [6.07, 6.45) is 0. The van der Waals surface area contributed by atoms with Crippen molar-refractivity contribution < 1.29 is 9.53 Å². The molecule has 20 heavy (non-hydrogen) atoms. The summed E-state index contributed by atoms with van der Waals surface area (Å²) >= 11 is 8.10. The molecule has 0 radical (unpaired) electrons. The van der Waals surface area contributed by atoms with Crippen LogP contribution in [0, 0.1) is 10.5 Å². The molecule has 0 spiro atoms. The van der Waals surface area contributed by atoms with Gasteiger partial charge in [0, 0.05) is 8.59 Å². The second-order valence-corrected chi connectivity index (χ2v) is 5.88. The summed E-state index contributed by atoms with van der Waals surface area (Å²) in [7, 11) is 1.55. The number of benzene rings is 2. The third-order valence-corrected chi connectivity index (χ3v) is 3.91. The number of hydrogen-bond donors (Lipinski definition) is 1. The highest BCUT2D eigenvalue weighted by molar-refractivity contribution is 14.1. The van der Waals surface area contributed by atoms with Crippen LogP contribution >= 0.6 is 34.2 Å². The number of nitrogens with one attached hydrogen (secondary N) is 1. The van der Waals surface area contributed by atoms with Crippen molar-refractivity contribution in [1.29, 1.82) is 0 Å². The zero-order chi connectivity index (χ0) is 14.7. The van der Waals surface area contributed by atoms with E-state index in [0.29, 0.717) is 22.0 Å². The van der Waals surface area contributed by atoms with E-state index >= 15 is 0 Å². The number of aryl methyl sites for hydroxylation is 1. The van der Waals surface area contributed by atoms with E-state index in [1.807, 2.05) is 25.1 Å². The Morgan fingerprint density at radius 2 is 2.00 bits per heavy atom. The largest absolute Gasteiger partial charge is 0.495 e. The van der Waals surface area contributed by atoms with Gasteiger partial charge in [-0.15, -0.1) is 0 Å². The summed E-state index contributed by atoms with van der Waals surface area (Å²) < 4.78 is 6.11. The Kier molecular flexibility index (Phi) is 4.88. The van der Waals surface area contributed by atoms with Crippen LogP contribution in [0.4, 0.5) is 5.69 Å². The van der Waals surface area contributed by atoms with Gasteiger partial charge in [-0.3, -0.25) is 4.79 Å². The van der Waals surface area contributed by atoms with Gasteiger partial charge in [-0.05, 0) is 59.8 Å². The summed E-state index contributed by atoms with van der Waals surface area (Å²) in [6.45, 7) is 1.99. The smallest absolute Gasteiger partial charge is 0.256 e. The third kappa shape index (κ3) is 3.43. The molecule has 0 aromatic heterocycles. The molecule has 0 bridgehead atoms. The third-order valence-electron chi connectivity index (χ3n) is 2.78. The minimum absolute atomic E-state index is 0.185. The van der Waals surface area contributed by atoms with Crippen LogP contribution in [0.2, 0.25) is 5.02 Å². The maximum atomic E-state index is 12.3. The minimum Gasteiger partial charge on any atom is -0.495 e. The molecular weight excluding hydrogens is 389 g/mol. The Morgan fingerprint density at radius 1 is 1.25 bits per heavy atom. The first-order chi connectivity index (χ1) is 9.51. The van der Waals surface area contributed by atoms with Crippen LogP contribution in [0.25, 0.3) is 0 Å². The van der Waals surface area contributed by atoms with Gasteiger partial charge in [-0.2, -0.15) is 0 Å². The van der Waals surface area contributed by atoms with E-state index in [2.05, 4.69) is 27.9 Å². The highest BCUT2D eigenvalue weighted by Crippen LogP contribution is 2.28. The molecule has 1 amide bonds. The van der Waals surface area contributed by atoms with Gasteiger partial charge < -0.3 is 10.1 Å². The molecule has 0 fully saturated rings. The number of rotatable bonds is 3. The molecule has 2 aromatic rings. The SMILES string of the molecule is COc1ccc(Cl)cc1NC(=O)c1ccc(C)cc1I. The fourth-order valence-electron chi connectivity index (χ4n) is 1.77. The van der Waals surface area contributed by atoms with Crippen LogP contribution < -0.4 is 10.1 Å². The van der Waals surface area contributed by atoms with Crippen molar-refractivity contribution in [2.45, 2.75) is 6.92 Å². The Morgan fingerprint density at radius 3 is 2.65 bits per heavy atom. The van der Waals surface area contributed by atoms with E-state index in [0.717, 1.165) is 9.13 Å². The molecule has 0 aliphatic carbocycles. The second-order valence-electron chi connectivity index (χ2n) is 4.28. The van der Waals surface area contributed by atoms with Crippen LogP contribution in [0.1, 0.15) is 15.9 Å². The van der Waals surface area contributed by atoms with Crippen LogP contribution in [-0.2, 0) is 0 Å². The quantitative estimate of drug-likeness (QED) is 0.768. The molecule has 0 heterocycles. The predicted octanol–water partition coefficient (Wildman–Crippen LogP) is 4.51. The summed E-state index contributed by atoms with van der Waals surface area (Å²) in [6, 6.07) is 10.8. The van der Waals surface area contributed by atoms with E-state index in [9.17, 15) is 4.79 Å². The molecule has 0 aliphatic heterocycles. The molecule has 3 nitrogen and oxygen atoms in total. The standard InChI is InChI=1S/C15H13ClINO2/c1-9-3-5-11(12(17)7-9)15(19)18-13-8-10(16)4-6-14(13)20-2/h3-8H,1-2H3,(H,18,19). The molecule has 104 valence electrons. The van der Waals surface area contributed by atoms with Crippen molar-refractivity contribution >= 4 is 45.8 Å². The number of hydrogen-bond acceptors (Lipinski definition) is 2. The topological polar surface area (TPSA) is 38.3 Å². The number of methoxy groups -OCH3 is 1.